The Balaban J connectivity index is 1.24. The molecular weight excluding hydrogens is 420 g/mol. The lowest BCUT2D eigenvalue weighted by Gasteiger charge is -2.37. The Bertz CT molecular complexity index is 1010. The van der Waals surface area contributed by atoms with E-state index in [-0.39, 0.29) is 43.0 Å². The number of aliphatic hydroxyl groups excluding tert-OH is 1. The van der Waals surface area contributed by atoms with Crippen LogP contribution in [0.2, 0.25) is 0 Å². The van der Waals surface area contributed by atoms with E-state index in [0.717, 1.165) is 35.4 Å². The van der Waals surface area contributed by atoms with Gasteiger partial charge in [-0.1, -0.05) is 30.3 Å². The monoisotopic (exact) mass is 450 g/mol. The minimum Gasteiger partial charge on any atom is -0.487 e. The van der Waals surface area contributed by atoms with Crippen LogP contribution in [0.1, 0.15) is 49.1 Å². The van der Waals surface area contributed by atoms with E-state index in [1.165, 1.54) is 0 Å². The van der Waals surface area contributed by atoms with Gasteiger partial charge in [-0.25, -0.2) is 0 Å². The van der Waals surface area contributed by atoms with Gasteiger partial charge in [0.25, 0.3) is 0 Å². The smallest absolute Gasteiger partial charge is 0.224 e. The predicted octanol–water partition coefficient (Wildman–Crippen LogP) is 3.13. The van der Waals surface area contributed by atoms with Gasteiger partial charge in [0.2, 0.25) is 11.8 Å². The standard InChI is InChI=1S/C26H30N2O5/c29-15-23-26-21(12-19(32-23)13-24(30)27-14-17-4-2-1-3-5-17)20-11-18(8-9-22(20)33-26)28-25(31)10-16-6-7-16/h1-5,8-9,11,16,19,21,23,26,29H,6-7,10,12-15H2,(H,27,30)(H,28,31)/t19-,21+,23-,26-/m0/s1. The van der Waals surface area contributed by atoms with E-state index in [1.54, 1.807) is 0 Å². The Morgan fingerprint density at radius 2 is 1.85 bits per heavy atom. The molecule has 3 N–H and O–H groups in total. The van der Waals surface area contributed by atoms with Gasteiger partial charge in [0.05, 0.1) is 19.1 Å². The lowest BCUT2D eigenvalue weighted by molar-refractivity contribution is -0.142. The van der Waals surface area contributed by atoms with E-state index in [9.17, 15) is 14.7 Å². The molecule has 0 spiro atoms. The maximum absolute atomic E-state index is 12.6. The van der Waals surface area contributed by atoms with Crippen molar-refractivity contribution in [2.45, 2.75) is 62.9 Å². The number of fused-ring (bicyclic) bond motifs is 3. The van der Waals surface area contributed by atoms with Crippen LogP contribution in [0.4, 0.5) is 5.69 Å². The number of carbonyl (C=O) groups excluding carboxylic acids is 2. The molecule has 2 heterocycles. The zero-order chi connectivity index (χ0) is 22.8. The molecule has 2 aromatic carbocycles. The van der Waals surface area contributed by atoms with Crippen LogP contribution < -0.4 is 15.4 Å². The van der Waals surface area contributed by atoms with Crippen LogP contribution in [0.25, 0.3) is 0 Å². The number of benzene rings is 2. The molecule has 2 aliphatic heterocycles. The highest BCUT2D eigenvalue weighted by Crippen LogP contribution is 2.47. The Morgan fingerprint density at radius 3 is 2.61 bits per heavy atom. The highest BCUT2D eigenvalue weighted by Gasteiger charge is 2.46. The first-order chi connectivity index (χ1) is 16.1. The summed E-state index contributed by atoms with van der Waals surface area (Å²) in [5, 5.41) is 15.9. The second kappa shape index (κ2) is 9.53. The van der Waals surface area contributed by atoms with E-state index < -0.39 is 6.10 Å². The van der Waals surface area contributed by atoms with Crippen molar-refractivity contribution in [3.8, 4) is 5.75 Å². The summed E-state index contributed by atoms with van der Waals surface area (Å²) >= 11 is 0. The number of nitrogens with one attached hydrogen (secondary N) is 2. The van der Waals surface area contributed by atoms with Crippen molar-refractivity contribution in [1.29, 1.82) is 0 Å². The summed E-state index contributed by atoms with van der Waals surface area (Å²) in [5.74, 6) is 1.24. The second-order valence-corrected chi connectivity index (χ2v) is 9.32. The number of rotatable bonds is 8. The van der Waals surface area contributed by atoms with E-state index >= 15 is 0 Å². The van der Waals surface area contributed by atoms with Crippen LogP contribution >= 0.6 is 0 Å². The van der Waals surface area contributed by atoms with Gasteiger partial charge in [0, 0.05) is 30.1 Å². The van der Waals surface area contributed by atoms with Gasteiger partial charge in [-0.05, 0) is 48.9 Å². The van der Waals surface area contributed by atoms with E-state index in [4.69, 9.17) is 9.47 Å². The Hall–Kier alpha value is -2.90. The molecule has 4 atom stereocenters. The number of aliphatic hydroxyl groups is 1. The predicted molar refractivity (Wildman–Crippen MR) is 123 cm³/mol. The molecule has 1 saturated heterocycles. The minimum atomic E-state index is -0.504. The first-order valence-corrected chi connectivity index (χ1v) is 11.8. The molecule has 2 amide bonds. The Morgan fingerprint density at radius 1 is 1.03 bits per heavy atom. The highest BCUT2D eigenvalue weighted by atomic mass is 16.6. The molecular formula is C26H30N2O5. The van der Waals surface area contributed by atoms with Crippen molar-refractivity contribution in [1.82, 2.24) is 5.32 Å². The van der Waals surface area contributed by atoms with Crippen LogP contribution in [-0.2, 0) is 20.9 Å². The fraction of sp³-hybridized carbons (Fsp3) is 0.462. The SMILES string of the molecule is O=C(C[C@@H]1C[C@@H]2c3cc(NC(=O)CC4CC4)ccc3O[C@@H]2[C@H](CO)O1)NCc1ccccc1. The largest absolute Gasteiger partial charge is 0.487 e. The van der Waals surface area contributed by atoms with Crippen molar-refractivity contribution >= 4 is 17.5 Å². The number of hydrogen-bond donors (Lipinski definition) is 3. The molecule has 1 aliphatic carbocycles. The fourth-order valence-electron chi connectivity index (χ4n) is 4.84. The molecule has 1 saturated carbocycles. The lowest BCUT2D eigenvalue weighted by atomic mass is 9.84. The van der Waals surface area contributed by atoms with Crippen LogP contribution in [0.3, 0.4) is 0 Å². The maximum atomic E-state index is 12.6. The number of ether oxygens (including phenoxy) is 2. The molecule has 0 bridgehead atoms. The quantitative estimate of drug-likeness (QED) is 0.574. The minimum absolute atomic E-state index is 0.00175. The average Bonchev–Trinajstić information content (AvgIpc) is 3.56. The third-order valence-corrected chi connectivity index (χ3v) is 6.70. The third kappa shape index (κ3) is 5.20. The Labute approximate surface area is 193 Å². The molecule has 5 rings (SSSR count). The van der Waals surface area contributed by atoms with Gasteiger partial charge in [0.1, 0.15) is 18.0 Å². The first kappa shape index (κ1) is 21.9. The summed E-state index contributed by atoms with van der Waals surface area (Å²) < 4.78 is 12.2. The first-order valence-electron chi connectivity index (χ1n) is 11.8. The normalized spacial score (nSPS) is 25.5. The summed E-state index contributed by atoms with van der Waals surface area (Å²) in [6.07, 6.45) is 2.56. The van der Waals surface area contributed by atoms with Gasteiger partial charge >= 0.3 is 0 Å². The topological polar surface area (TPSA) is 96.9 Å². The molecule has 0 aromatic heterocycles. The molecule has 7 nitrogen and oxygen atoms in total. The van der Waals surface area contributed by atoms with E-state index in [0.29, 0.717) is 25.3 Å². The summed E-state index contributed by atoms with van der Waals surface area (Å²) in [6.45, 7) is 0.292. The van der Waals surface area contributed by atoms with Crippen LogP contribution in [0, 0.1) is 5.92 Å². The van der Waals surface area contributed by atoms with Gasteiger partial charge < -0.3 is 25.2 Å². The maximum Gasteiger partial charge on any atom is 0.224 e. The lowest BCUT2D eigenvalue weighted by Crippen LogP contribution is -2.47. The van der Waals surface area contributed by atoms with Gasteiger partial charge in [-0.2, -0.15) is 0 Å². The van der Waals surface area contributed by atoms with Crippen molar-refractivity contribution in [3.05, 3.63) is 59.7 Å². The fourth-order valence-corrected chi connectivity index (χ4v) is 4.84. The molecule has 33 heavy (non-hydrogen) atoms. The van der Waals surface area contributed by atoms with Gasteiger partial charge in [-0.15, -0.1) is 0 Å². The second-order valence-electron chi connectivity index (χ2n) is 9.32. The number of carbonyl (C=O) groups is 2. The van der Waals surface area contributed by atoms with Crippen LogP contribution in [0.5, 0.6) is 5.75 Å². The number of hydrogen-bond acceptors (Lipinski definition) is 5. The molecule has 0 radical (unpaired) electrons. The van der Waals surface area contributed by atoms with Crippen molar-refractivity contribution in [2.24, 2.45) is 5.92 Å². The molecule has 3 aliphatic rings. The summed E-state index contributed by atoms with van der Waals surface area (Å²) in [4.78, 5) is 24.8. The summed E-state index contributed by atoms with van der Waals surface area (Å²) in [7, 11) is 0. The van der Waals surface area contributed by atoms with Crippen molar-refractivity contribution in [2.75, 3.05) is 11.9 Å². The zero-order valence-electron chi connectivity index (χ0n) is 18.5. The number of amides is 2. The van der Waals surface area contributed by atoms with Gasteiger partial charge in [-0.3, -0.25) is 9.59 Å². The van der Waals surface area contributed by atoms with Gasteiger partial charge in [0.15, 0.2) is 0 Å². The van der Waals surface area contributed by atoms with E-state index in [1.807, 2.05) is 48.5 Å². The molecule has 174 valence electrons. The zero-order valence-corrected chi connectivity index (χ0v) is 18.5. The summed E-state index contributed by atoms with van der Waals surface area (Å²) in [6, 6.07) is 15.5. The van der Waals surface area contributed by atoms with Crippen molar-refractivity contribution in [3.63, 3.8) is 0 Å². The molecule has 2 fully saturated rings. The van der Waals surface area contributed by atoms with E-state index in [2.05, 4.69) is 10.6 Å². The van der Waals surface area contributed by atoms with Crippen LogP contribution in [-0.4, -0.2) is 41.8 Å². The molecule has 7 heteroatoms. The Kier molecular flexibility index (Phi) is 6.33. The molecule has 0 unspecified atom stereocenters. The number of anilines is 1. The molecule has 2 aromatic rings. The van der Waals surface area contributed by atoms with Crippen LogP contribution in [0.15, 0.2) is 48.5 Å². The van der Waals surface area contributed by atoms with Crippen molar-refractivity contribution < 1.29 is 24.2 Å². The summed E-state index contributed by atoms with van der Waals surface area (Å²) in [5.41, 5.74) is 2.80. The highest BCUT2D eigenvalue weighted by molar-refractivity contribution is 5.91. The average molecular weight is 451 g/mol. The third-order valence-electron chi connectivity index (χ3n) is 6.70.